The van der Waals surface area contributed by atoms with Crippen molar-refractivity contribution in [2.45, 2.75) is 25.7 Å². The fourth-order valence-corrected chi connectivity index (χ4v) is 1.94. The zero-order chi connectivity index (χ0) is 10.4. The van der Waals surface area contributed by atoms with Gasteiger partial charge in [-0.15, -0.1) is 0 Å². The molecule has 0 fully saturated rings. The predicted octanol–water partition coefficient (Wildman–Crippen LogP) is 3.19. The van der Waals surface area contributed by atoms with Crippen LogP contribution >= 0.6 is 11.6 Å². The standard InChI is InChI=1S/C11H15ClO2/c12-8-4-6-9-5-2-1-3-7-10(9)11(13)14/h2,4-5,8-10H,1,3,6-7H2,(H,13,14). The minimum Gasteiger partial charge on any atom is -0.481 e. The second-order valence-electron chi connectivity index (χ2n) is 3.57. The third kappa shape index (κ3) is 3.18. The van der Waals surface area contributed by atoms with Crippen LogP contribution in [0.3, 0.4) is 0 Å². The van der Waals surface area contributed by atoms with E-state index in [1.165, 1.54) is 5.54 Å². The number of rotatable bonds is 3. The molecule has 0 aromatic carbocycles. The van der Waals surface area contributed by atoms with Gasteiger partial charge in [-0.2, -0.15) is 0 Å². The van der Waals surface area contributed by atoms with Crippen molar-refractivity contribution in [1.82, 2.24) is 0 Å². The van der Waals surface area contributed by atoms with Crippen LogP contribution in [-0.2, 0) is 4.79 Å². The number of carboxylic acids is 1. The molecule has 1 aliphatic rings. The van der Waals surface area contributed by atoms with Gasteiger partial charge in [0.1, 0.15) is 0 Å². The largest absolute Gasteiger partial charge is 0.481 e. The summed E-state index contributed by atoms with van der Waals surface area (Å²) in [5.74, 6) is -0.837. The Morgan fingerprint density at radius 3 is 3.07 bits per heavy atom. The first-order chi connectivity index (χ1) is 6.75. The molecule has 0 spiro atoms. The highest BCUT2D eigenvalue weighted by atomic mass is 35.5. The molecule has 0 radical (unpaired) electrons. The fourth-order valence-electron chi connectivity index (χ4n) is 1.83. The van der Waals surface area contributed by atoms with E-state index in [9.17, 15) is 4.79 Å². The van der Waals surface area contributed by atoms with Crippen molar-refractivity contribution in [2.75, 3.05) is 0 Å². The molecule has 0 amide bonds. The summed E-state index contributed by atoms with van der Waals surface area (Å²) >= 11 is 5.44. The maximum atomic E-state index is 11.0. The molecule has 2 nitrogen and oxygen atoms in total. The Labute approximate surface area is 89.3 Å². The van der Waals surface area contributed by atoms with E-state index in [2.05, 4.69) is 6.08 Å². The van der Waals surface area contributed by atoms with Crippen molar-refractivity contribution in [3.05, 3.63) is 23.8 Å². The molecule has 78 valence electrons. The molecular formula is C11H15ClO2. The Morgan fingerprint density at radius 2 is 2.43 bits per heavy atom. The van der Waals surface area contributed by atoms with Gasteiger partial charge in [-0.05, 0) is 31.6 Å². The lowest BCUT2D eigenvalue weighted by atomic mass is 9.87. The number of halogens is 1. The maximum absolute atomic E-state index is 11.0. The number of allylic oxidation sites excluding steroid dienone is 3. The van der Waals surface area contributed by atoms with Gasteiger partial charge >= 0.3 is 5.97 Å². The average Bonchev–Trinajstić information content (AvgIpc) is 2.39. The van der Waals surface area contributed by atoms with E-state index in [1.54, 1.807) is 0 Å². The number of carbonyl (C=O) groups is 1. The Balaban J connectivity index is 2.67. The van der Waals surface area contributed by atoms with E-state index in [1.807, 2.05) is 12.2 Å². The zero-order valence-corrected chi connectivity index (χ0v) is 8.78. The van der Waals surface area contributed by atoms with Gasteiger partial charge < -0.3 is 5.11 Å². The minimum atomic E-state index is -0.690. The van der Waals surface area contributed by atoms with E-state index < -0.39 is 5.97 Å². The smallest absolute Gasteiger partial charge is 0.307 e. The van der Waals surface area contributed by atoms with Crippen LogP contribution < -0.4 is 0 Å². The van der Waals surface area contributed by atoms with Gasteiger partial charge in [-0.3, -0.25) is 4.79 Å². The molecule has 0 saturated heterocycles. The summed E-state index contributed by atoms with van der Waals surface area (Å²) in [5, 5.41) is 9.04. The molecule has 0 aromatic heterocycles. The second kappa shape index (κ2) is 5.86. The summed E-state index contributed by atoms with van der Waals surface area (Å²) < 4.78 is 0. The second-order valence-corrected chi connectivity index (χ2v) is 3.82. The van der Waals surface area contributed by atoms with E-state index in [0.29, 0.717) is 0 Å². The summed E-state index contributed by atoms with van der Waals surface area (Å²) in [6, 6.07) is 0. The molecule has 2 atom stereocenters. The summed E-state index contributed by atoms with van der Waals surface area (Å²) in [7, 11) is 0. The van der Waals surface area contributed by atoms with E-state index in [-0.39, 0.29) is 11.8 Å². The molecule has 14 heavy (non-hydrogen) atoms. The molecule has 1 N–H and O–H groups in total. The summed E-state index contributed by atoms with van der Waals surface area (Å²) in [4.78, 5) is 11.0. The van der Waals surface area contributed by atoms with Crippen molar-refractivity contribution < 1.29 is 9.90 Å². The van der Waals surface area contributed by atoms with E-state index >= 15 is 0 Å². The van der Waals surface area contributed by atoms with Crippen LogP contribution in [-0.4, -0.2) is 11.1 Å². The number of aliphatic carboxylic acids is 1. The van der Waals surface area contributed by atoms with Crippen molar-refractivity contribution in [1.29, 1.82) is 0 Å². The minimum absolute atomic E-state index is 0.102. The molecule has 1 aliphatic carbocycles. The van der Waals surface area contributed by atoms with Crippen LogP contribution in [0.5, 0.6) is 0 Å². The topological polar surface area (TPSA) is 37.3 Å². The first-order valence-corrected chi connectivity index (χ1v) is 5.34. The maximum Gasteiger partial charge on any atom is 0.307 e. The number of hydrogen-bond acceptors (Lipinski definition) is 1. The van der Waals surface area contributed by atoms with Gasteiger partial charge in [0.15, 0.2) is 0 Å². The summed E-state index contributed by atoms with van der Waals surface area (Å²) in [6.45, 7) is 0. The molecule has 3 heteroatoms. The number of carboxylic acid groups (broad SMARTS) is 1. The normalized spacial score (nSPS) is 27.8. The highest BCUT2D eigenvalue weighted by Gasteiger charge is 2.25. The Morgan fingerprint density at radius 1 is 1.64 bits per heavy atom. The lowest BCUT2D eigenvalue weighted by Crippen LogP contribution is -2.21. The first kappa shape index (κ1) is 11.3. The fraction of sp³-hybridized carbons (Fsp3) is 0.545. The summed E-state index contributed by atoms with van der Waals surface area (Å²) in [5.41, 5.74) is 1.46. The third-order valence-electron chi connectivity index (χ3n) is 2.60. The Hall–Kier alpha value is -0.760. The highest BCUT2D eigenvalue weighted by Crippen LogP contribution is 2.27. The highest BCUT2D eigenvalue weighted by molar-refractivity contribution is 6.25. The van der Waals surface area contributed by atoms with Crippen molar-refractivity contribution in [3.8, 4) is 0 Å². The Bertz CT molecular complexity index is 246. The van der Waals surface area contributed by atoms with Gasteiger partial charge in [0.25, 0.3) is 0 Å². The Kier molecular flexibility index (Phi) is 4.74. The van der Waals surface area contributed by atoms with Gasteiger partial charge in [0.2, 0.25) is 0 Å². The van der Waals surface area contributed by atoms with Crippen molar-refractivity contribution in [2.24, 2.45) is 11.8 Å². The molecule has 0 bridgehead atoms. The van der Waals surface area contributed by atoms with Crippen molar-refractivity contribution >= 4 is 17.6 Å². The molecule has 1 rings (SSSR count). The van der Waals surface area contributed by atoms with Gasteiger partial charge in [-0.1, -0.05) is 29.8 Å². The average molecular weight is 215 g/mol. The first-order valence-electron chi connectivity index (χ1n) is 4.90. The zero-order valence-electron chi connectivity index (χ0n) is 8.03. The molecule has 0 aliphatic heterocycles. The lowest BCUT2D eigenvalue weighted by molar-refractivity contribution is -0.143. The molecule has 2 unspecified atom stereocenters. The lowest BCUT2D eigenvalue weighted by Gasteiger charge is -2.17. The van der Waals surface area contributed by atoms with Crippen molar-refractivity contribution in [3.63, 3.8) is 0 Å². The number of hydrogen-bond donors (Lipinski definition) is 1. The predicted molar refractivity (Wildman–Crippen MR) is 57.2 cm³/mol. The molecule has 0 heterocycles. The third-order valence-corrected chi connectivity index (χ3v) is 2.78. The van der Waals surface area contributed by atoms with Gasteiger partial charge in [0, 0.05) is 5.54 Å². The van der Waals surface area contributed by atoms with Crippen LogP contribution in [0, 0.1) is 11.8 Å². The van der Waals surface area contributed by atoms with Crippen LogP contribution in [0.15, 0.2) is 23.8 Å². The quantitative estimate of drug-likeness (QED) is 0.733. The van der Waals surface area contributed by atoms with Crippen LogP contribution in [0.4, 0.5) is 0 Å². The molecule has 0 saturated carbocycles. The van der Waals surface area contributed by atoms with Gasteiger partial charge in [-0.25, -0.2) is 0 Å². The van der Waals surface area contributed by atoms with Gasteiger partial charge in [0.05, 0.1) is 5.92 Å². The van der Waals surface area contributed by atoms with E-state index in [4.69, 9.17) is 16.7 Å². The monoisotopic (exact) mass is 214 g/mol. The summed E-state index contributed by atoms with van der Waals surface area (Å²) in [6.07, 6.45) is 9.36. The SMILES string of the molecule is O=C(O)C1CCCC=CC1CC=CCl. The van der Waals surface area contributed by atoms with Crippen LogP contribution in [0.2, 0.25) is 0 Å². The van der Waals surface area contributed by atoms with Crippen LogP contribution in [0.1, 0.15) is 25.7 Å². The molecular weight excluding hydrogens is 200 g/mol. The van der Waals surface area contributed by atoms with Crippen LogP contribution in [0.25, 0.3) is 0 Å². The molecule has 0 aromatic rings. The van der Waals surface area contributed by atoms with E-state index in [0.717, 1.165) is 25.7 Å².